The second kappa shape index (κ2) is 5.42. The molecule has 0 atom stereocenters. The summed E-state index contributed by atoms with van der Waals surface area (Å²) in [5.74, 6) is 1.32. The monoisotopic (exact) mass is 280 g/mol. The molecule has 4 heteroatoms. The van der Waals surface area contributed by atoms with Crippen molar-refractivity contribution in [2.75, 3.05) is 5.73 Å². The van der Waals surface area contributed by atoms with E-state index in [0.717, 1.165) is 22.2 Å². The standard InChI is InChI=1S/C17H16N2O2/c1-11-8-17(14-9-13(18)6-7-15(14)19-11)21-16-5-3-2-4-12(16)10-20/h2-9,20H,10,18H2,1H3. The molecule has 106 valence electrons. The summed E-state index contributed by atoms with van der Waals surface area (Å²) >= 11 is 0. The number of fused-ring (bicyclic) bond motifs is 1. The quantitative estimate of drug-likeness (QED) is 0.721. The molecule has 2 aromatic carbocycles. The van der Waals surface area contributed by atoms with Crippen molar-refractivity contribution in [2.45, 2.75) is 13.5 Å². The summed E-state index contributed by atoms with van der Waals surface area (Å²) in [6.45, 7) is 1.85. The van der Waals surface area contributed by atoms with Crippen molar-refractivity contribution in [3.63, 3.8) is 0 Å². The Morgan fingerprint density at radius 3 is 2.71 bits per heavy atom. The highest BCUT2D eigenvalue weighted by Gasteiger charge is 2.09. The van der Waals surface area contributed by atoms with E-state index in [0.29, 0.717) is 17.2 Å². The number of aromatic nitrogens is 1. The molecule has 1 heterocycles. The van der Waals surface area contributed by atoms with Gasteiger partial charge in [-0.15, -0.1) is 0 Å². The zero-order valence-corrected chi connectivity index (χ0v) is 11.7. The normalized spacial score (nSPS) is 10.8. The molecular weight excluding hydrogens is 264 g/mol. The Morgan fingerprint density at radius 2 is 1.90 bits per heavy atom. The lowest BCUT2D eigenvalue weighted by Crippen LogP contribution is -1.95. The molecule has 0 saturated carbocycles. The van der Waals surface area contributed by atoms with E-state index in [1.54, 1.807) is 0 Å². The van der Waals surface area contributed by atoms with Crippen LogP contribution in [0.2, 0.25) is 0 Å². The number of nitrogen functional groups attached to an aromatic ring is 1. The maximum absolute atomic E-state index is 9.40. The number of aryl methyl sites for hydroxylation is 1. The molecule has 0 amide bonds. The van der Waals surface area contributed by atoms with Gasteiger partial charge >= 0.3 is 0 Å². The van der Waals surface area contributed by atoms with Crippen LogP contribution in [-0.2, 0) is 6.61 Å². The van der Waals surface area contributed by atoms with Gasteiger partial charge in [-0.05, 0) is 31.2 Å². The van der Waals surface area contributed by atoms with Crippen LogP contribution in [0.1, 0.15) is 11.3 Å². The van der Waals surface area contributed by atoms with Gasteiger partial charge in [0.05, 0.1) is 12.1 Å². The van der Waals surface area contributed by atoms with E-state index in [1.165, 1.54) is 0 Å². The molecule has 0 saturated heterocycles. The fourth-order valence-electron chi connectivity index (χ4n) is 2.28. The Hall–Kier alpha value is -2.59. The van der Waals surface area contributed by atoms with Crippen molar-refractivity contribution in [2.24, 2.45) is 0 Å². The first-order valence-corrected chi connectivity index (χ1v) is 6.71. The van der Waals surface area contributed by atoms with Crippen LogP contribution in [0.4, 0.5) is 5.69 Å². The van der Waals surface area contributed by atoms with Crippen molar-refractivity contribution < 1.29 is 9.84 Å². The molecule has 0 radical (unpaired) electrons. The zero-order chi connectivity index (χ0) is 14.8. The molecule has 0 fully saturated rings. The highest BCUT2D eigenvalue weighted by atomic mass is 16.5. The van der Waals surface area contributed by atoms with Crippen LogP contribution in [0, 0.1) is 6.92 Å². The fourth-order valence-corrected chi connectivity index (χ4v) is 2.28. The molecule has 3 aromatic rings. The number of aliphatic hydroxyl groups is 1. The number of rotatable bonds is 3. The van der Waals surface area contributed by atoms with Crippen molar-refractivity contribution >= 4 is 16.6 Å². The van der Waals surface area contributed by atoms with Gasteiger partial charge in [0.1, 0.15) is 11.5 Å². The average molecular weight is 280 g/mol. The summed E-state index contributed by atoms with van der Waals surface area (Å²) in [6, 6.07) is 14.8. The summed E-state index contributed by atoms with van der Waals surface area (Å²) in [5.41, 5.74) is 8.96. The summed E-state index contributed by atoms with van der Waals surface area (Å²) in [7, 11) is 0. The molecular formula is C17H16N2O2. The van der Waals surface area contributed by atoms with E-state index in [2.05, 4.69) is 4.98 Å². The highest BCUT2D eigenvalue weighted by molar-refractivity contribution is 5.88. The Kier molecular flexibility index (Phi) is 3.46. The number of anilines is 1. The van der Waals surface area contributed by atoms with Crippen molar-refractivity contribution in [3.8, 4) is 11.5 Å². The SMILES string of the molecule is Cc1cc(Oc2ccccc2CO)c2cc(N)ccc2n1. The average Bonchev–Trinajstić information content (AvgIpc) is 2.48. The van der Waals surface area contributed by atoms with Gasteiger partial charge < -0.3 is 15.6 Å². The maximum Gasteiger partial charge on any atom is 0.138 e. The number of hydrogen-bond donors (Lipinski definition) is 2. The van der Waals surface area contributed by atoms with E-state index >= 15 is 0 Å². The third-order valence-corrected chi connectivity index (χ3v) is 3.29. The molecule has 0 aliphatic heterocycles. The Morgan fingerprint density at radius 1 is 1.10 bits per heavy atom. The minimum absolute atomic E-state index is 0.0691. The number of nitrogens with two attached hydrogens (primary N) is 1. The van der Waals surface area contributed by atoms with Crippen LogP contribution in [-0.4, -0.2) is 10.1 Å². The molecule has 0 aliphatic carbocycles. The number of para-hydroxylation sites is 1. The van der Waals surface area contributed by atoms with Crippen molar-refractivity contribution in [1.29, 1.82) is 0 Å². The van der Waals surface area contributed by atoms with E-state index in [-0.39, 0.29) is 6.61 Å². The van der Waals surface area contributed by atoms with Crippen LogP contribution in [0.3, 0.4) is 0 Å². The lowest BCUT2D eigenvalue weighted by atomic mass is 10.1. The summed E-state index contributed by atoms with van der Waals surface area (Å²) in [4.78, 5) is 4.48. The van der Waals surface area contributed by atoms with Crippen LogP contribution in [0.25, 0.3) is 10.9 Å². The summed E-state index contributed by atoms with van der Waals surface area (Å²) < 4.78 is 5.99. The first-order chi connectivity index (χ1) is 10.2. The highest BCUT2D eigenvalue weighted by Crippen LogP contribution is 2.32. The van der Waals surface area contributed by atoms with E-state index in [9.17, 15) is 5.11 Å². The van der Waals surface area contributed by atoms with Gasteiger partial charge in [0.25, 0.3) is 0 Å². The van der Waals surface area contributed by atoms with Gasteiger partial charge in [0.15, 0.2) is 0 Å². The van der Waals surface area contributed by atoms with Crippen molar-refractivity contribution in [1.82, 2.24) is 4.98 Å². The Bertz CT molecular complexity index is 800. The molecule has 0 aliphatic rings. The first-order valence-electron chi connectivity index (χ1n) is 6.71. The van der Waals surface area contributed by atoms with E-state index < -0.39 is 0 Å². The molecule has 0 unspecified atom stereocenters. The van der Waals surface area contributed by atoms with Gasteiger partial charge in [0.2, 0.25) is 0 Å². The first kappa shape index (κ1) is 13.4. The number of pyridine rings is 1. The van der Waals surface area contributed by atoms with Crippen LogP contribution in [0.15, 0.2) is 48.5 Å². The predicted octanol–water partition coefficient (Wildman–Crippen LogP) is 3.41. The number of ether oxygens (including phenoxy) is 1. The minimum Gasteiger partial charge on any atom is -0.456 e. The van der Waals surface area contributed by atoms with Gasteiger partial charge in [-0.3, -0.25) is 4.98 Å². The maximum atomic E-state index is 9.40. The molecule has 0 bridgehead atoms. The van der Waals surface area contributed by atoms with Crippen molar-refractivity contribution in [3.05, 3.63) is 59.8 Å². The number of aliphatic hydroxyl groups excluding tert-OH is 1. The minimum atomic E-state index is -0.0691. The lowest BCUT2D eigenvalue weighted by Gasteiger charge is -2.12. The number of benzene rings is 2. The second-order valence-electron chi connectivity index (χ2n) is 4.91. The summed E-state index contributed by atoms with van der Waals surface area (Å²) in [6.07, 6.45) is 0. The zero-order valence-electron chi connectivity index (χ0n) is 11.7. The van der Waals surface area contributed by atoms with Crippen LogP contribution in [0.5, 0.6) is 11.5 Å². The van der Waals surface area contributed by atoms with Crippen LogP contribution < -0.4 is 10.5 Å². The fraction of sp³-hybridized carbons (Fsp3) is 0.118. The van der Waals surface area contributed by atoms with E-state index in [1.807, 2.05) is 55.5 Å². The predicted molar refractivity (Wildman–Crippen MR) is 83.3 cm³/mol. The molecule has 0 spiro atoms. The molecule has 21 heavy (non-hydrogen) atoms. The molecule has 4 nitrogen and oxygen atoms in total. The Labute approximate surface area is 122 Å². The Balaban J connectivity index is 2.13. The topological polar surface area (TPSA) is 68.4 Å². The lowest BCUT2D eigenvalue weighted by molar-refractivity contribution is 0.276. The number of nitrogens with zero attached hydrogens (tertiary/aromatic N) is 1. The molecule has 1 aromatic heterocycles. The third-order valence-electron chi connectivity index (χ3n) is 3.29. The smallest absolute Gasteiger partial charge is 0.138 e. The van der Waals surface area contributed by atoms with Gasteiger partial charge in [0, 0.05) is 28.4 Å². The molecule has 3 rings (SSSR count). The molecule has 3 N–H and O–H groups in total. The third kappa shape index (κ3) is 2.66. The summed E-state index contributed by atoms with van der Waals surface area (Å²) in [5, 5.41) is 10.3. The van der Waals surface area contributed by atoms with Crippen LogP contribution >= 0.6 is 0 Å². The van der Waals surface area contributed by atoms with Gasteiger partial charge in [-0.25, -0.2) is 0 Å². The largest absolute Gasteiger partial charge is 0.456 e. The van der Waals surface area contributed by atoms with E-state index in [4.69, 9.17) is 10.5 Å². The number of hydrogen-bond acceptors (Lipinski definition) is 4. The van der Waals surface area contributed by atoms with Gasteiger partial charge in [-0.2, -0.15) is 0 Å². The second-order valence-corrected chi connectivity index (χ2v) is 4.91. The van der Waals surface area contributed by atoms with Gasteiger partial charge in [-0.1, -0.05) is 18.2 Å².